The van der Waals surface area contributed by atoms with E-state index >= 15 is 0 Å². The predicted molar refractivity (Wildman–Crippen MR) is 111 cm³/mol. The van der Waals surface area contributed by atoms with Crippen molar-refractivity contribution < 1.29 is 24.2 Å². The molecule has 1 saturated heterocycles. The molecule has 1 aliphatic rings. The smallest absolute Gasteiger partial charge is 0.341 e. The van der Waals surface area contributed by atoms with Crippen molar-refractivity contribution in [3.8, 4) is 11.5 Å². The van der Waals surface area contributed by atoms with Crippen molar-refractivity contribution in [3.05, 3.63) is 58.2 Å². The van der Waals surface area contributed by atoms with Crippen molar-refractivity contribution in [2.75, 3.05) is 18.6 Å². The molecule has 28 heavy (non-hydrogen) atoms. The van der Waals surface area contributed by atoms with Gasteiger partial charge in [0.15, 0.2) is 11.7 Å². The quantitative estimate of drug-likeness (QED) is 0.503. The predicted octanol–water partition coefficient (Wildman–Crippen LogP) is 3.18. The van der Waals surface area contributed by atoms with Crippen LogP contribution in [-0.2, 0) is 9.59 Å². The van der Waals surface area contributed by atoms with Crippen molar-refractivity contribution in [2.24, 2.45) is 0 Å². The Labute approximate surface area is 174 Å². The van der Waals surface area contributed by atoms with Crippen molar-refractivity contribution in [2.45, 2.75) is 0 Å². The van der Waals surface area contributed by atoms with E-state index in [0.717, 1.165) is 4.47 Å². The summed E-state index contributed by atoms with van der Waals surface area (Å²) in [6.45, 7) is -0.491. The van der Waals surface area contributed by atoms with E-state index in [9.17, 15) is 9.59 Å². The number of halogens is 1. The summed E-state index contributed by atoms with van der Waals surface area (Å²) in [5.74, 6) is -0.427. The Morgan fingerprint density at radius 2 is 2.00 bits per heavy atom. The second kappa shape index (κ2) is 8.41. The van der Waals surface area contributed by atoms with Crippen LogP contribution in [0.5, 0.6) is 11.5 Å². The highest BCUT2D eigenvalue weighted by Gasteiger charge is 2.32. The van der Waals surface area contributed by atoms with Gasteiger partial charge in [-0.2, -0.15) is 0 Å². The van der Waals surface area contributed by atoms with Gasteiger partial charge in [-0.05, 0) is 60.8 Å². The standard InChI is InChI=1S/C19H15BrN2O5S/c1-26-14-5-3-13(4-6-14)22-18(25)15(21-19(22)28)9-11-8-12(20)2-7-16(11)27-10-17(23)24/h2-9H,10H2,1H3,(H,21,28)(H,23,24)/b15-9+. The number of benzene rings is 2. The lowest BCUT2D eigenvalue weighted by Gasteiger charge is -2.14. The molecule has 7 nitrogen and oxygen atoms in total. The molecule has 1 amide bonds. The van der Waals surface area contributed by atoms with E-state index in [1.807, 2.05) is 0 Å². The molecule has 2 aromatic carbocycles. The number of carbonyl (C=O) groups is 2. The number of anilines is 1. The number of amides is 1. The molecule has 144 valence electrons. The van der Waals surface area contributed by atoms with E-state index in [-0.39, 0.29) is 16.7 Å². The monoisotopic (exact) mass is 462 g/mol. The van der Waals surface area contributed by atoms with E-state index in [2.05, 4.69) is 21.2 Å². The number of ether oxygens (including phenoxy) is 2. The maximum absolute atomic E-state index is 12.9. The summed E-state index contributed by atoms with van der Waals surface area (Å²) in [6, 6.07) is 12.0. The van der Waals surface area contributed by atoms with Crippen LogP contribution in [0.4, 0.5) is 5.69 Å². The zero-order valence-corrected chi connectivity index (χ0v) is 17.0. The fourth-order valence-corrected chi connectivity index (χ4v) is 3.24. The number of carboxylic acid groups (broad SMARTS) is 1. The van der Waals surface area contributed by atoms with E-state index in [0.29, 0.717) is 22.7 Å². The molecule has 2 N–H and O–H groups in total. The van der Waals surface area contributed by atoms with Crippen LogP contribution in [0.3, 0.4) is 0 Å². The second-order valence-electron chi connectivity index (χ2n) is 5.69. The Balaban J connectivity index is 1.91. The first-order valence-corrected chi connectivity index (χ1v) is 9.24. The number of thiocarbonyl (C=S) groups is 1. The topological polar surface area (TPSA) is 88.1 Å². The molecule has 0 radical (unpaired) electrons. The molecule has 0 atom stereocenters. The van der Waals surface area contributed by atoms with Crippen molar-refractivity contribution in [3.63, 3.8) is 0 Å². The van der Waals surface area contributed by atoms with Gasteiger partial charge in [0.05, 0.1) is 12.8 Å². The van der Waals surface area contributed by atoms with Crippen LogP contribution in [0.2, 0.25) is 0 Å². The lowest BCUT2D eigenvalue weighted by molar-refractivity contribution is -0.139. The average molecular weight is 463 g/mol. The highest BCUT2D eigenvalue weighted by Crippen LogP contribution is 2.28. The molecule has 3 rings (SSSR count). The molecule has 9 heteroatoms. The third-order valence-electron chi connectivity index (χ3n) is 3.83. The first-order valence-electron chi connectivity index (χ1n) is 8.04. The molecule has 1 heterocycles. The van der Waals surface area contributed by atoms with Gasteiger partial charge in [-0.1, -0.05) is 15.9 Å². The number of methoxy groups -OCH3 is 1. The van der Waals surface area contributed by atoms with Crippen molar-refractivity contribution >= 4 is 56.9 Å². The molecular formula is C19H15BrN2O5S. The largest absolute Gasteiger partial charge is 0.497 e. The van der Waals surface area contributed by atoms with Crippen LogP contribution < -0.4 is 19.7 Å². The SMILES string of the molecule is COc1ccc(N2C(=O)/C(=C\c3cc(Br)ccc3OCC(=O)O)NC2=S)cc1. The number of hydrogen-bond acceptors (Lipinski definition) is 5. The number of rotatable bonds is 6. The summed E-state index contributed by atoms with van der Waals surface area (Å²) >= 11 is 8.66. The lowest BCUT2D eigenvalue weighted by Crippen LogP contribution is -2.30. The number of nitrogens with zero attached hydrogens (tertiary/aromatic N) is 1. The molecule has 0 unspecified atom stereocenters. The zero-order valence-electron chi connectivity index (χ0n) is 14.6. The lowest BCUT2D eigenvalue weighted by atomic mass is 10.1. The van der Waals surface area contributed by atoms with Crippen LogP contribution in [0, 0.1) is 0 Å². The van der Waals surface area contributed by atoms with Gasteiger partial charge in [-0.25, -0.2) is 4.79 Å². The third kappa shape index (κ3) is 4.32. The fourth-order valence-electron chi connectivity index (χ4n) is 2.56. The van der Waals surface area contributed by atoms with E-state index in [4.69, 9.17) is 26.8 Å². The van der Waals surface area contributed by atoms with E-state index in [1.165, 1.54) is 4.90 Å². The van der Waals surface area contributed by atoms with Gasteiger partial charge in [0, 0.05) is 10.0 Å². The molecule has 0 aromatic heterocycles. The van der Waals surface area contributed by atoms with Crippen LogP contribution in [0.15, 0.2) is 52.6 Å². The normalized spacial score (nSPS) is 14.9. The number of carbonyl (C=O) groups excluding carboxylic acids is 1. The van der Waals surface area contributed by atoms with Crippen LogP contribution in [0.1, 0.15) is 5.56 Å². The summed E-state index contributed by atoms with van der Waals surface area (Å²) in [5.41, 5.74) is 1.38. The molecule has 2 aromatic rings. The molecule has 1 fully saturated rings. The van der Waals surface area contributed by atoms with Gasteiger partial charge in [0.2, 0.25) is 0 Å². The van der Waals surface area contributed by atoms with Crippen molar-refractivity contribution in [1.82, 2.24) is 5.32 Å². The van der Waals surface area contributed by atoms with Gasteiger partial charge in [0.25, 0.3) is 5.91 Å². The Kier molecular flexibility index (Phi) is 5.96. The minimum absolute atomic E-state index is 0.240. The van der Waals surface area contributed by atoms with Gasteiger partial charge in [-0.15, -0.1) is 0 Å². The van der Waals surface area contributed by atoms with Gasteiger partial charge in [-0.3, -0.25) is 9.69 Å². The minimum Gasteiger partial charge on any atom is -0.497 e. The molecular weight excluding hydrogens is 448 g/mol. The zero-order chi connectivity index (χ0) is 20.3. The summed E-state index contributed by atoms with van der Waals surface area (Å²) in [5, 5.41) is 12.0. The van der Waals surface area contributed by atoms with Crippen LogP contribution >= 0.6 is 28.1 Å². The maximum atomic E-state index is 12.9. The summed E-state index contributed by atoms with van der Waals surface area (Å²) in [6.07, 6.45) is 1.57. The number of nitrogens with one attached hydrogen (secondary N) is 1. The molecule has 0 bridgehead atoms. The molecule has 1 aliphatic heterocycles. The first-order chi connectivity index (χ1) is 13.4. The molecule has 0 saturated carbocycles. The highest BCUT2D eigenvalue weighted by atomic mass is 79.9. The third-order valence-corrected chi connectivity index (χ3v) is 4.61. The van der Waals surface area contributed by atoms with Crippen LogP contribution in [0.25, 0.3) is 6.08 Å². The Morgan fingerprint density at radius 1 is 1.29 bits per heavy atom. The molecule has 0 aliphatic carbocycles. The van der Waals surface area contributed by atoms with E-state index in [1.54, 1.807) is 55.7 Å². The summed E-state index contributed by atoms with van der Waals surface area (Å²) in [7, 11) is 1.56. The Hall–Kier alpha value is -2.91. The first kappa shape index (κ1) is 19.8. The fraction of sp³-hybridized carbons (Fsp3) is 0.105. The number of carboxylic acids is 1. The summed E-state index contributed by atoms with van der Waals surface area (Å²) < 4.78 is 11.2. The van der Waals surface area contributed by atoms with E-state index < -0.39 is 12.6 Å². The number of hydrogen-bond donors (Lipinski definition) is 2. The Morgan fingerprint density at radius 3 is 2.64 bits per heavy atom. The maximum Gasteiger partial charge on any atom is 0.341 e. The van der Waals surface area contributed by atoms with Gasteiger partial charge < -0.3 is 19.9 Å². The van der Waals surface area contributed by atoms with Crippen LogP contribution in [-0.4, -0.2) is 35.8 Å². The minimum atomic E-state index is -1.09. The summed E-state index contributed by atoms with van der Waals surface area (Å²) in [4.78, 5) is 25.0. The highest BCUT2D eigenvalue weighted by molar-refractivity contribution is 9.10. The van der Waals surface area contributed by atoms with Gasteiger partial charge >= 0.3 is 5.97 Å². The number of aliphatic carboxylic acids is 1. The van der Waals surface area contributed by atoms with Gasteiger partial charge in [0.1, 0.15) is 17.2 Å². The Bertz CT molecular complexity index is 975. The average Bonchev–Trinajstić information content (AvgIpc) is 2.94. The van der Waals surface area contributed by atoms with Crippen molar-refractivity contribution in [1.29, 1.82) is 0 Å². The second-order valence-corrected chi connectivity index (χ2v) is 6.99. The molecule has 0 spiro atoms.